The van der Waals surface area contributed by atoms with Crippen molar-refractivity contribution in [3.05, 3.63) is 0 Å². The molecule has 0 bridgehead atoms. The zero-order valence-electron chi connectivity index (χ0n) is 14.4. The van der Waals surface area contributed by atoms with Crippen molar-refractivity contribution in [3.63, 3.8) is 0 Å². The third kappa shape index (κ3) is 6.12. The van der Waals surface area contributed by atoms with E-state index in [0.29, 0.717) is 0 Å². The molecule has 0 fully saturated rings. The van der Waals surface area contributed by atoms with E-state index in [1.165, 1.54) is 0 Å². The second-order valence-electron chi connectivity index (χ2n) is 6.48. The maximum absolute atomic E-state index is 6.49. The van der Waals surface area contributed by atoms with Crippen LogP contribution in [0.1, 0.15) is 59.3 Å². The van der Waals surface area contributed by atoms with Crippen LogP contribution in [0.15, 0.2) is 0 Å². The van der Waals surface area contributed by atoms with Gasteiger partial charge in [0.2, 0.25) is 0 Å². The van der Waals surface area contributed by atoms with Gasteiger partial charge in [-0.1, -0.05) is 40.0 Å². The zero-order valence-corrected chi connectivity index (χ0v) is 19.8. The molecule has 0 N–H and O–H groups in total. The number of halogens is 6. The summed E-state index contributed by atoms with van der Waals surface area (Å²) in [6, 6.07) is 0. The summed E-state index contributed by atoms with van der Waals surface area (Å²) in [5.74, 6) is -1.68. The van der Waals surface area contributed by atoms with Crippen molar-refractivity contribution in [1.29, 1.82) is 0 Å². The van der Waals surface area contributed by atoms with Crippen LogP contribution in [0.4, 0.5) is 0 Å². The highest BCUT2D eigenvalue weighted by molar-refractivity contribution is 8.10. The molecule has 0 heterocycles. The van der Waals surface area contributed by atoms with E-state index in [9.17, 15) is 0 Å². The molecule has 23 heavy (non-hydrogen) atoms. The van der Waals surface area contributed by atoms with Gasteiger partial charge in [-0.2, -0.15) is 0 Å². The van der Waals surface area contributed by atoms with Crippen molar-refractivity contribution in [1.82, 2.24) is 0 Å². The van der Waals surface area contributed by atoms with Crippen LogP contribution in [0.3, 0.4) is 0 Å². The van der Waals surface area contributed by atoms with E-state index in [0.717, 1.165) is 57.0 Å². The molecular formula is C15H30BCl6P. The first-order valence-electron chi connectivity index (χ1n) is 8.64. The Labute approximate surface area is 173 Å². The Hall–Kier alpha value is 2.23. The second-order valence-corrected chi connectivity index (χ2v) is 14.6. The second kappa shape index (κ2) is 12.6. The van der Waals surface area contributed by atoms with E-state index >= 15 is 0 Å². The summed E-state index contributed by atoms with van der Waals surface area (Å²) in [5.41, 5.74) is 0. The molecule has 0 aromatic rings. The van der Waals surface area contributed by atoms with Crippen LogP contribution in [0.5, 0.6) is 0 Å². The van der Waals surface area contributed by atoms with Crippen LogP contribution in [-0.4, -0.2) is 38.6 Å². The maximum atomic E-state index is 6.49. The number of hydrogen-bond acceptors (Lipinski definition) is 0. The molecule has 0 saturated carbocycles. The van der Waals surface area contributed by atoms with Crippen molar-refractivity contribution >= 4 is 82.6 Å². The summed E-state index contributed by atoms with van der Waals surface area (Å²) in [6.45, 7) is 6.58. The van der Waals surface area contributed by atoms with Crippen LogP contribution >= 0.6 is 76.7 Å². The maximum Gasteiger partial charge on any atom is 0.261 e. The molecule has 0 atom stereocenters. The molecule has 0 aliphatic rings. The van der Waals surface area contributed by atoms with Gasteiger partial charge in [-0.05, 0) is 19.3 Å². The molecule has 0 radical (unpaired) electrons. The van der Waals surface area contributed by atoms with Gasteiger partial charge in [0.05, 0.1) is 0 Å². The molecule has 0 spiro atoms. The molecule has 0 unspecified atom stereocenters. The van der Waals surface area contributed by atoms with Crippen LogP contribution in [0.25, 0.3) is 0 Å². The lowest BCUT2D eigenvalue weighted by atomic mass is 9.52. The highest BCUT2D eigenvalue weighted by atomic mass is 35.5. The minimum Gasteiger partial charge on any atom is -0.144 e. The predicted octanol–water partition coefficient (Wildman–Crippen LogP) is 8.38. The van der Waals surface area contributed by atoms with E-state index in [-0.39, 0.29) is 0 Å². The normalized spacial score (nSPS) is 13.6. The molecule has 0 aromatic heterocycles. The largest absolute Gasteiger partial charge is 0.261 e. The number of hydrogen-bond donors (Lipinski definition) is 0. The third-order valence-corrected chi connectivity index (χ3v) is 15.0. The fourth-order valence-electron chi connectivity index (χ4n) is 3.47. The third-order valence-electron chi connectivity index (χ3n) is 5.03. The first-order valence-corrected chi connectivity index (χ1v) is 13.7. The van der Waals surface area contributed by atoms with Crippen molar-refractivity contribution in [3.8, 4) is 0 Å². The van der Waals surface area contributed by atoms with Gasteiger partial charge in [0.15, 0.2) is 0 Å². The predicted molar refractivity (Wildman–Crippen MR) is 118 cm³/mol. The molecule has 0 aliphatic heterocycles. The summed E-state index contributed by atoms with van der Waals surface area (Å²) in [7, 11) is -1.68. The van der Waals surface area contributed by atoms with E-state index in [4.69, 9.17) is 69.6 Å². The first-order chi connectivity index (χ1) is 10.8. The molecule has 0 aliphatic carbocycles. The van der Waals surface area contributed by atoms with Gasteiger partial charge >= 0.3 is 0 Å². The molecule has 8 heteroatoms. The van der Waals surface area contributed by atoms with Gasteiger partial charge in [-0.3, -0.25) is 0 Å². The average molecular weight is 465 g/mol. The van der Waals surface area contributed by atoms with Crippen LogP contribution in [0, 0.1) is 0 Å². The number of unbranched alkanes of at least 4 members (excludes halogenated alkanes) is 3. The smallest absolute Gasteiger partial charge is 0.144 e. The highest BCUT2D eigenvalue weighted by Crippen LogP contribution is 2.73. The van der Waals surface area contributed by atoms with Crippen LogP contribution in [0.2, 0.25) is 0 Å². The first kappa shape index (κ1) is 25.2. The van der Waals surface area contributed by atoms with Crippen LogP contribution in [-0.2, 0) is 0 Å². The zero-order chi connectivity index (χ0) is 18.1. The summed E-state index contributed by atoms with van der Waals surface area (Å²) in [4.78, 5) is 0. The van der Waals surface area contributed by atoms with Crippen molar-refractivity contribution in [2.45, 2.75) is 73.5 Å². The summed E-state index contributed by atoms with van der Waals surface area (Å²) >= 11 is 39.0. The Morgan fingerprint density at radius 2 is 0.870 bits per heavy atom. The van der Waals surface area contributed by atoms with Gasteiger partial charge in [0, 0.05) is 32.7 Å². The number of alkyl halides is 6. The molecule has 140 valence electrons. The Bertz CT molecular complexity index is 271. The molecule has 0 aromatic carbocycles. The Balaban J connectivity index is 6.11. The van der Waals surface area contributed by atoms with E-state index in [2.05, 4.69) is 20.8 Å². The molecule has 0 rings (SSSR count). The lowest BCUT2D eigenvalue weighted by molar-refractivity contribution is 0.841. The molecule has 0 amide bonds. The van der Waals surface area contributed by atoms with Gasteiger partial charge in [0.25, 0.3) is 5.87 Å². The van der Waals surface area contributed by atoms with Crippen molar-refractivity contribution in [2.24, 2.45) is 0 Å². The fourth-order valence-corrected chi connectivity index (χ4v) is 16.7. The minimum absolute atomic E-state index is 0.714. The summed E-state index contributed by atoms with van der Waals surface area (Å²) in [5, 5.41) is 0. The van der Waals surface area contributed by atoms with Gasteiger partial charge < -0.3 is 0 Å². The lowest BCUT2D eigenvalue weighted by Gasteiger charge is -2.53. The van der Waals surface area contributed by atoms with E-state index in [1.807, 2.05) is 0 Å². The molecule has 0 saturated heterocycles. The van der Waals surface area contributed by atoms with Gasteiger partial charge in [0.1, 0.15) is 0 Å². The van der Waals surface area contributed by atoms with Gasteiger partial charge in [-0.25, -0.2) is 0 Å². The van der Waals surface area contributed by atoms with Gasteiger partial charge in [-0.15, -0.1) is 76.7 Å². The summed E-state index contributed by atoms with van der Waals surface area (Å²) in [6.07, 6.45) is 9.93. The minimum atomic E-state index is -1.68. The standard InChI is InChI=1S/C15H30BCl6P/c1-4-7-10-23(11-8-5-2,12-9-6-3)16(13(17)18,14(19)20)15(21)22/h13-15H,4-12H2,1-3H3. The topological polar surface area (TPSA) is 0 Å². The molecule has 0 nitrogen and oxygen atoms in total. The quantitative estimate of drug-likeness (QED) is 0.146. The highest BCUT2D eigenvalue weighted by Gasteiger charge is 2.62. The van der Waals surface area contributed by atoms with E-state index in [1.54, 1.807) is 0 Å². The van der Waals surface area contributed by atoms with Crippen molar-refractivity contribution in [2.75, 3.05) is 18.5 Å². The fraction of sp³-hybridized carbons (Fsp3) is 1.00. The SMILES string of the molecule is CCCC[P+](CCCC)(CCCC)[B-](C(Cl)Cl)(C(Cl)Cl)C(Cl)Cl. The number of rotatable bonds is 13. The summed E-state index contributed by atoms with van der Waals surface area (Å²) < 4.78 is -2.14. The van der Waals surface area contributed by atoms with Crippen molar-refractivity contribution < 1.29 is 0 Å². The Morgan fingerprint density at radius 3 is 1.04 bits per heavy atom. The average Bonchev–Trinajstić information content (AvgIpc) is 2.47. The van der Waals surface area contributed by atoms with E-state index < -0.39 is 27.2 Å². The lowest BCUT2D eigenvalue weighted by Crippen LogP contribution is -2.59. The Morgan fingerprint density at radius 1 is 0.609 bits per heavy atom. The Kier molecular flexibility index (Phi) is 13.8. The monoisotopic (exact) mass is 462 g/mol. The van der Waals surface area contributed by atoms with Crippen LogP contribution < -0.4 is 0 Å². The molecular weight excluding hydrogens is 435 g/mol.